The Bertz CT molecular complexity index is 470. The van der Waals surface area contributed by atoms with E-state index in [0.29, 0.717) is 23.9 Å². The number of hydrogen-bond donors (Lipinski definition) is 3. The minimum atomic E-state index is -0.438. The Morgan fingerprint density at radius 2 is 2.19 bits per heavy atom. The predicted molar refractivity (Wildman–Crippen MR) is 81.7 cm³/mol. The van der Waals surface area contributed by atoms with E-state index in [1.165, 1.54) is 0 Å². The number of aliphatic hydroxyl groups excluding tert-OH is 1. The van der Waals surface area contributed by atoms with Gasteiger partial charge < -0.3 is 20.5 Å². The first-order valence-electron chi connectivity index (χ1n) is 7.26. The second-order valence-electron chi connectivity index (χ2n) is 5.16. The minimum absolute atomic E-state index is 0.146. The van der Waals surface area contributed by atoms with Crippen LogP contribution in [0.25, 0.3) is 0 Å². The maximum atomic E-state index is 11.7. The van der Waals surface area contributed by atoms with Crippen molar-refractivity contribution in [3.63, 3.8) is 0 Å². The molecular formula is C15H21ClN2O3. The zero-order valence-electron chi connectivity index (χ0n) is 11.8. The number of rotatable bonds is 5. The van der Waals surface area contributed by atoms with Gasteiger partial charge in [0.2, 0.25) is 0 Å². The fourth-order valence-electron chi connectivity index (χ4n) is 2.39. The van der Waals surface area contributed by atoms with Crippen molar-refractivity contribution in [2.24, 2.45) is 0 Å². The third kappa shape index (κ3) is 5.44. The molecule has 0 radical (unpaired) electrons. The minimum Gasteiger partial charge on any atom is -0.492 e. The molecule has 3 N–H and O–H groups in total. The Balaban J connectivity index is 1.63. The van der Waals surface area contributed by atoms with Crippen LogP contribution in [0, 0.1) is 0 Å². The van der Waals surface area contributed by atoms with Crippen LogP contribution in [0.4, 0.5) is 4.79 Å². The molecule has 0 aliphatic heterocycles. The quantitative estimate of drug-likeness (QED) is 0.731. The van der Waals surface area contributed by atoms with Crippen LogP contribution in [-0.4, -0.2) is 36.4 Å². The molecule has 1 aromatic rings. The molecule has 6 heteroatoms. The van der Waals surface area contributed by atoms with Gasteiger partial charge >= 0.3 is 6.03 Å². The Morgan fingerprint density at radius 1 is 1.38 bits per heavy atom. The number of hydrogen-bond acceptors (Lipinski definition) is 3. The lowest BCUT2D eigenvalue weighted by molar-refractivity contribution is 0.0942. The summed E-state index contributed by atoms with van der Waals surface area (Å²) in [7, 11) is 0. The number of halogens is 1. The van der Waals surface area contributed by atoms with Gasteiger partial charge in [-0.05, 0) is 31.0 Å². The summed E-state index contributed by atoms with van der Waals surface area (Å²) in [4.78, 5) is 11.7. The van der Waals surface area contributed by atoms with Gasteiger partial charge in [-0.25, -0.2) is 4.79 Å². The van der Waals surface area contributed by atoms with E-state index in [-0.39, 0.29) is 12.1 Å². The van der Waals surface area contributed by atoms with Crippen LogP contribution >= 0.6 is 11.6 Å². The van der Waals surface area contributed by atoms with E-state index >= 15 is 0 Å². The molecule has 2 rings (SSSR count). The molecule has 1 saturated carbocycles. The monoisotopic (exact) mass is 312 g/mol. The highest BCUT2D eigenvalue weighted by Crippen LogP contribution is 2.18. The smallest absolute Gasteiger partial charge is 0.315 e. The molecular weight excluding hydrogens is 292 g/mol. The first-order chi connectivity index (χ1) is 10.1. The largest absolute Gasteiger partial charge is 0.492 e. The van der Waals surface area contributed by atoms with Crippen molar-refractivity contribution in [3.8, 4) is 5.75 Å². The number of amides is 2. The van der Waals surface area contributed by atoms with Crippen molar-refractivity contribution in [2.45, 2.75) is 37.8 Å². The molecule has 1 fully saturated rings. The summed E-state index contributed by atoms with van der Waals surface area (Å²) >= 11 is 5.85. The third-order valence-corrected chi connectivity index (χ3v) is 3.73. The first-order valence-corrected chi connectivity index (χ1v) is 7.64. The highest BCUT2D eigenvalue weighted by atomic mass is 35.5. The normalized spacial score (nSPS) is 21.6. The van der Waals surface area contributed by atoms with Crippen molar-refractivity contribution in [3.05, 3.63) is 29.3 Å². The molecule has 21 heavy (non-hydrogen) atoms. The second kappa shape index (κ2) is 8.10. The van der Waals surface area contributed by atoms with E-state index in [2.05, 4.69) is 10.6 Å². The molecule has 5 nitrogen and oxygen atoms in total. The summed E-state index contributed by atoms with van der Waals surface area (Å²) in [6.45, 7) is 0.752. The maximum absolute atomic E-state index is 11.7. The van der Waals surface area contributed by atoms with Crippen LogP contribution in [0.3, 0.4) is 0 Å². The van der Waals surface area contributed by atoms with Crippen molar-refractivity contribution < 1.29 is 14.6 Å². The number of benzene rings is 1. The van der Waals surface area contributed by atoms with E-state index in [1.54, 1.807) is 12.1 Å². The summed E-state index contributed by atoms with van der Waals surface area (Å²) in [6.07, 6.45) is 3.21. The fourth-order valence-corrected chi connectivity index (χ4v) is 2.57. The Hall–Kier alpha value is -1.46. The lowest BCUT2D eigenvalue weighted by Crippen LogP contribution is -2.49. The van der Waals surface area contributed by atoms with E-state index in [1.807, 2.05) is 12.1 Å². The van der Waals surface area contributed by atoms with Crippen LogP contribution in [-0.2, 0) is 0 Å². The fraction of sp³-hybridized carbons (Fsp3) is 0.533. The SMILES string of the molecule is O=C(NCCOc1cccc(Cl)c1)NC1CCCCC1O. The zero-order valence-corrected chi connectivity index (χ0v) is 12.6. The molecule has 0 saturated heterocycles. The molecule has 116 valence electrons. The molecule has 1 aliphatic rings. The standard InChI is InChI=1S/C15H21ClN2O3/c16-11-4-3-5-12(10-11)21-9-8-17-15(20)18-13-6-1-2-7-14(13)19/h3-5,10,13-14,19H,1-2,6-9H2,(H2,17,18,20). The summed E-state index contributed by atoms with van der Waals surface area (Å²) < 4.78 is 5.47. The molecule has 1 aliphatic carbocycles. The molecule has 0 aromatic heterocycles. The van der Waals surface area contributed by atoms with Gasteiger partial charge in [-0.1, -0.05) is 30.5 Å². The maximum Gasteiger partial charge on any atom is 0.315 e. The number of ether oxygens (including phenoxy) is 1. The van der Waals surface area contributed by atoms with Crippen molar-refractivity contribution >= 4 is 17.6 Å². The summed E-state index contributed by atoms with van der Waals surface area (Å²) in [5, 5.41) is 15.9. The molecule has 1 aromatic carbocycles. The van der Waals surface area contributed by atoms with Gasteiger partial charge in [-0.2, -0.15) is 0 Å². The number of urea groups is 1. The van der Waals surface area contributed by atoms with Crippen molar-refractivity contribution in [1.82, 2.24) is 10.6 Å². The van der Waals surface area contributed by atoms with Gasteiger partial charge in [0.05, 0.1) is 18.7 Å². The topological polar surface area (TPSA) is 70.6 Å². The van der Waals surface area contributed by atoms with E-state index in [4.69, 9.17) is 16.3 Å². The van der Waals surface area contributed by atoms with Gasteiger partial charge in [0, 0.05) is 5.02 Å². The van der Waals surface area contributed by atoms with Gasteiger partial charge in [0.25, 0.3) is 0 Å². The van der Waals surface area contributed by atoms with Crippen LogP contribution < -0.4 is 15.4 Å². The number of nitrogens with one attached hydrogen (secondary N) is 2. The molecule has 2 amide bonds. The Kier molecular flexibility index (Phi) is 6.14. The van der Waals surface area contributed by atoms with Gasteiger partial charge in [0.1, 0.15) is 12.4 Å². The summed E-state index contributed by atoms with van der Waals surface area (Å²) in [5.74, 6) is 0.674. The van der Waals surface area contributed by atoms with Crippen molar-refractivity contribution in [1.29, 1.82) is 0 Å². The average molecular weight is 313 g/mol. The lowest BCUT2D eigenvalue weighted by Gasteiger charge is -2.28. The Labute approximate surface area is 129 Å². The van der Waals surface area contributed by atoms with E-state index in [0.717, 1.165) is 25.7 Å². The van der Waals surface area contributed by atoms with E-state index in [9.17, 15) is 9.90 Å². The van der Waals surface area contributed by atoms with Gasteiger partial charge in [-0.3, -0.25) is 0 Å². The summed E-state index contributed by atoms with van der Waals surface area (Å²) in [6, 6.07) is 6.70. The number of carbonyl (C=O) groups is 1. The van der Waals surface area contributed by atoms with Crippen LogP contribution in [0.2, 0.25) is 5.02 Å². The number of carbonyl (C=O) groups excluding carboxylic acids is 1. The lowest BCUT2D eigenvalue weighted by atomic mass is 9.93. The average Bonchev–Trinajstić information content (AvgIpc) is 2.46. The van der Waals surface area contributed by atoms with Crippen LogP contribution in [0.1, 0.15) is 25.7 Å². The molecule has 2 unspecified atom stereocenters. The van der Waals surface area contributed by atoms with Crippen LogP contribution in [0.5, 0.6) is 5.75 Å². The zero-order chi connectivity index (χ0) is 15.1. The van der Waals surface area contributed by atoms with E-state index < -0.39 is 6.10 Å². The van der Waals surface area contributed by atoms with Gasteiger partial charge in [-0.15, -0.1) is 0 Å². The highest BCUT2D eigenvalue weighted by molar-refractivity contribution is 6.30. The number of aliphatic hydroxyl groups is 1. The second-order valence-corrected chi connectivity index (χ2v) is 5.60. The molecule has 0 bridgehead atoms. The molecule has 0 spiro atoms. The van der Waals surface area contributed by atoms with Crippen molar-refractivity contribution in [2.75, 3.05) is 13.2 Å². The van der Waals surface area contributed by atoms with Crippen LogP contribution in [0.15, 0.2) is 24.3 Å². The third-order valence-electron chi connectivity index (χ3n) is 3.50. The summed E-state index contributed by atoms with van der Waals surface area (Å²) in [5.41, 5.74) is 0. The first kappa shape index (κ1) is 15.9. The van der Waals surface area contributed by atoms with Gasteiger partial charge in [0.15, 0.2) is 0 Å². The predicted octanol–water partition coefficient (Wildman–Crippen LogP) is 2.32. The highest BCUT2D eigenvalue weighted by Gasteiger charge is 2.24. The Morgan fingerprint density at radius 3 is 2.95 bits per heavy atom. The molecule has 0 heterocycles. The molecule has 2 atom stereocenters.